The van der Waals surface area contributed by atoms with E-state index >= 15 is 0 Å². The van der Waals surface area contributed by atoms with Gasteiger partial charge >= 0.3 is 5.97 Å². The molecule has 0 radical (unpaired) electrons. The van der Waals surface area contributed by atoms with Crippen molar-refractivity contribution in [3.05, 3.63) is 35.9 Å². The molecule has 1 aromatic rings. The third-order valence-electron chi connectivity index (χ3n) is 3.04. The van der Waals surface area contributed by atoms with Gasteiger partial charge in [-0.15, -0.1) is 0 Å². The molecule has 0 saturated carbocycles. The molecular weight excluding hydrogens is 218 g/mol. The zero-order valence-electron chi connectivity index (χ0n) is 9.43. The summed E-state index contributed by atoms with van der Waals surface area (Å²) in [6.07, 6.45) is 1.30. The van der Waals surface area contributed by atoms with Crippen LogP contribution in [-0.4, -0.2) is 23.0 Å². The standard InChI is InChI=1S/C13H15NO3/c15-12-8-10(13(16)17)7-11(14-12)6-9-4-2-1-3-5-9/h1-5,10-11H,6-8H2,(H,14,15)(H,16,17). The number of amides is 1. The Morgan fingerprint density at radius 1 is 1.35 bits per heavy atom. The molecule has 2 N–H and O–H groups in total. The Kier molecular flexibility index (Phi) is 3.42. The number of benzene rings is 1. The summed E-state index contributed by atoms with van der Waals surface area (Å²) in [5, 5.41) is 11.8. The zero-order chi connectivity index (χ0) is 12.3. The molecule has 4 heteroatoms. The normalized spacial score (nSPS) is 24.1. The summed E-state index contributed by atoms with van der Waals surface area (Å²) in [6, 6.07) is 9.71. The van der Waals surface area contributed by atoms with E-state index in [0.29, 0.717) is 12.8 Å². The van der Waals surface area contributed by atoms with Crippen LogP contribution < -0.4 is 5.32 Å². The maximum Gasteiger partial charge on any atom is 0.307 e. The van der Waals surface area contributed by atoms with Crippen LogP contribution in [0.2, 0.25) is 0 Å². The number of rotatable bonds is 3. The van der Waals surface area contributed by atoms with E-state index in [1.54, 1.807) is 0 Å². The summed E-state index contributed by atoms with van der Waals surface area (Å²) in [5.74, 6) is -1.58. The van der Waals surface area contributed by atoms with Gasteiger partial charge in [0.25, 0.3) is 0 Å². The lowest BCUT2D eigenvalue weighted by Gasteiger charge is -2.27. The van der Waals surface area contributed by atoms with Gasteiger partial charge in [0.1, 0.15) is 0 Å². The summed E-state index contributed by atoms with van der Waals surface area (Å²) < 4.78 is 0. The lowest BCUT2D eigenvalue weighted by atomic mass is 9.89. The second kappa shape index (κ2) is 4.99. The van der Waals surface area contributed by atoms with E-state index in [2.05, 4.69) is 5.32 Å². The third kappa shape index (κ3) is 3.06. The molecule has 0 spiro atoms. The highest BCUT2D eigenvalue weighted by Crippen LogP contribution is 2.19. The molecule has 1 heterocycles. The molecule has 0 aromatic heterocycles. The number of carboxylic acid groups (broad SMARTS) is 1. The van der Waals surface area contributed by atoms with Gasteiger partial charge in [0.2, 0.25) is 5.91 Å². The molecule has 1 aliphatic rings. The third-order valence-corrected chi connectivity index (χ3v) is 3.04. The molecule has 2 atom stereocenters. The fraction of sp³-hybridized carbons (Fsp3) is 0.385. The van der Waals surface area contributed by atoms with Crippen molar-refractivity contribution in [2.45, 2.75) is 25.3 Å². The van der Waals surface area contributed by atoms with Crippen molar-refractivity contribution in [3.8, 4) is 0 Å². The van der Waals surface area contributed by atoms with Crippen LogP contribution in [0.15, 0.2) is 30.3 Å². The van der Waals surface area contributed by atoms with Crippen molar-refractivity contribution < 1.29 is 14.7 Å². The molecule has 2 rings (SSSR count). The molecule has 2 unspecified atom stereocenters. The largest absolute Gasteiger partial charge is 0.481 e. The van der Waals surface area contributed by atoms with E-state index < -0.39 is 11.9 Å². The number of carboxylic acids is 1. The zero-order valence-corrected chi connectivity index (χ0v) is 9.43. The topological polar surface area (TPSA) is 66.4 Å². The molecule has 17 heavy (non-hydrogen) atoms. The number of piperidine rings is 1. The molecule has 90 valence electrons. The highest BCUT2D eigenvalue weighted by molar-refractivity contribution is 5.83. The first-order valence-electron chi connectivity index (χ1n) is 5.71. The van der Waals surface area contributed by atoms with Gasteiger partial charge in [-0.1, -0.05) is 30.3 Å². The number of aliphatic carboxylic acids is 1. The minimum atomic E-state index is -0.877. The molecule has 1 aliphatic heterocycles. The lowest BCUT2D eigenvalue weighted by molar-refractivity contribution is -0.146. The van der Waals surface area contributed by atoms with E-state index in [1.807, 2.05) is 30.3 Å². The highest BCUT2D eigenvalue weighted by Gasteiger charge is 2.30. The Bertz CT molecular complexity index is 416. The van der Waals surface area contributed by atoms with E-state index in [1.165, 1.54) is 0 Å². The monoisotopic (exact) mass is 233 g/mol. The van der Waals surface area contributed by atoms with Gasteiger partial charge in [-0.3, -0.25) is 9.59 Å². The number of hydrogen-bond donors (Lipinski definition) is 2. The van der Waals surface area contributed by atoms with Crippen LogP contribution in [-0.2, 0) is 16.0 Å². The van der Waals surface area contributed by atoms with Gasteiger partial charge in [0.15, 0.2) is 0 Å². The van der Waals surface area contributed by atoms with Crippen molar-refractivity contribution in [1.82, 2.24) is 5.32 Å². The Hall–Kier alpha value is -1.84. The van der Waals surface area contributed by atoms with Gasteiger partial charge in [0.05, 0.1) is 5.92 Å². The summed E-state index contributed by atoms with van der Waals surface area (Å²) in [7, 11) is 0. The summed E-state index contributed by atoms with van der Waals surface area (Å²) in [4.78, 5) is 22.3. The van der Waals surface area contributed by atoms with Crippen LogP contribution in [0.3, 0.4) is 0 Å². The smallest absolute Gasteiger partial charge is 0.307 e. The van der Waals surface area contributed by atoms with Crippen LogP contribution in [0.5, 0.6) is 0 Å². The van der Waals surface area contributed by atoms with E-state index in [9.17, 15) is 9.59 Å². The average Bonchev–Trinajstić information content (AvgIpc) is 2.29. The first-order chi connectivity index (χ1) is 8.15. The summed E-state index contributed by atoms with van der Waals surface area (Å²) >= 11 is 0. The van der Waals surface area contributed by atoms with Crippen LogP contribution in [0.4, 0.5) is 0 Å². The predicted molar refractivity (Wildman–Crippen MR) is 62.4 cm³/mol. The number of carbonyl (C=O) groups is 2. The van der Waals surface area contributed by atoms with Gasteiger partial charge < -0.3 is 10.4 Å². The van der Waals surface area contributed by atoms with Crippen molar-refractivity contribution in [3.63, 3.8) is 0 Å². The Morgan fingerprint density at radius 3 is 2.71 bits per heavy atom. The van der Waals surface area contributed by atoms with Crippen LogP contribution in [0, 0.1) is 5.92 Å². The molecular formula is C13H15NO3. The maximum atomic E-state index is 11.4. The fourth-order valence-corrected chi connectivity index (χ4v) is 2.22. The first-order valence-corrected chi connectivity index (χ1v) is 5.71. The quantitative estimate of drug-likeness (QED) is 0.824. The molecule has 1 saturated heterocycles. The molecule has 4 nitrogen and oxygen atoms in total. The second-order valence-corrected chi connectivity index (χ2v) is 4.43. The SMILES string of the molecule is O=C1CC(C(=O)O)CC(Cc2ccccc2)N1. The Morgan fingerprint density at radius 2 is 2.06 bits per heavy atom. The minimum absolute atomic E-state index is 0.0697. The van der Waals surface area contributed by atoms with Crippen molar-refractivity contribution in [1.29, 1.82) is 0 Å². The van der Waals surface area contributed by atoms with E-state index in [-0.39, 0.29) is 18.4 Å². The maximum absolute atomic E-state index is 11.4. The van der Waals surface area contributed by atoms with Crippen LogP contribution >= 0.6 is 0 Å². The van der Waals surface area contributed by atoms with Crippen molar-refractivity contribution >= 4 is 11.9 Å². The second-order valence-electron chi connectivity index (χ2n) is 4.43. The number of carbonyl (C=O) groups excluding carboxylic acids is 1. The van der Waals surface area contributed by atoms with Crippen LogP contribution in [0.1, 0.15) is 18.4 Å². The Balaban J connectivity index is 2.01. The molecule has 0 bridgehead atoms. The van der Waals surface area contributed by atoms with E-state index in [4.69, 9.17) is 5.11 Å². The van der Waals surface area contributed by atoms with Gasteiger partial charge in [-0.2, -0.15) is 0 Å². The minimum Gasteiger partial charge on any atom is -0.481 e. The number of nitrogens with one attached hydrogen (secondary N) is 1. The fourth-order valence-electron chi connectivity index (χ4n) is 2.22. The van der Waals surface area contributed by atoms with Crippen LogP contribution in [0.25, 0.3) is 0 Å². The highest BCUT2D eigenvalue weighted by atomic mass is 16.4. The predicted octanol–water partition coefficient (Wildman–Crippen LogP) is 1.21. The van der Waals surface area contributed by atoms with Crippen molar-refractivity contribution in [2.75, 3.05) is 0 Å². The summed E-state index contributed by atoms with van der Waals surface area (Å²) in [6.45, 7) is 0. The average molecular weight is 233 g/mol. The number of hydrogen-bond acceptors (Lipinski definition) is 2. The van der Waals surface area contributed by atoms with Gasteiger partial charge in [-0.25, -0.2) is 0 Å². The van der Waals surface area contributed by atoms with Crippen molar-refractivity contribution in [2.24, 2.45) is 5.92 Å². The first kappa shape index (κ1) is 11.6. The summed E-state index contributed by atoms with van der Waals surface area (Å²) in [5.41, 5.74) is 1.11. The van der Waals surface area contributed by atoms with Gasteiger partial charge in [0, 0.05) is 12.5 Å². The lowest BCUT2D eigenvalue weighted by Crippen LogP contribution is -2.45. The molecule has 1 amide bonds. The molecule has 1 aromatic carbocycles. The van der Waals surface area contributed by atoms with E-state index in [0.717, 1.165) is 5.56 Å². The molecule has 0 aliphatic carbocycles. The van der Waals surface area contributed by atoms with Gasteiger partial charge in [-0.05, 0) is 18.4 Å². The Labute approximate surface area is 99.6 Å². The molecule has 1 fully saturated rings.